The van der Waals surface area contributed by atoms with Gasteiger partial charge in [-0.1, -0.05) is 45.4 Å². The van der Waals surface area contributed by atoms with Gasteiger partial charge in [0.25, 0.3) is 0 Å². The van der Waals surface area contributed by atoms with E-state index in [4.69, 9.17) is 5.11 Å². The molecule has 0 aromatic carbocycles. The average Bonchev–Trinajstić information content (AvgIpc) is 2.20. The molecule has 0 bridgehead atoms. The summed E-state index contributed by atoms with van der Waals surface area (Å²) < 4.78 is 0. The van der Waals surface area contributed by atoms with Gasteiger partial charge >= 0.3 is 5.97 Å². The van der Waals surface area contributed by atoms with Crippen LogP contribution >= 0.6 is 0 Å². The Bertz CT molecular complexity index is 157. The van der Waals surface area contributed by atoms with Gasteiger partial charge < -0.3 is 10.2 Å². The van der Waals surface area contributed by atoms with Crippen molar-refractivity contribution < 1.29 is 15.0 Å². The van der Waals surface area contributed by atoms with Gasteiger partial charge in [-0.2, -0.15) is 0 Å². The maximum absolute atomic E-state index is 10.2. The molecule has 0 aliphatic rings. The Morgan fingerprint density at radius 2 is 1.67 bits per heavy atom. The van der Waals surface area contributed by atoms with Gasteiger partial charge in [0, 0.05) is 6.42 Å². The molecule has 1 atom stereocenters. The Labute approximate surface area is 92.5 Å². The Morgan fingerprint density at radius 1 is 1.07 bits per heavy atom. The van der Waals surface area contributed by atoms with Gasteiger partial charge in [-0.15, -0.1) is 0 Å². The van der Waals surface area contributed by atoms with Gasteiger partial charge in [0.2, 0.25) is 0 Å². The molecule has 90 valence electrons. The van der Waals surface area contributed by atoms with Gasteiger partial charge in [0.1, 0.15) is 0 Å². The lowest BCUT2D eigenvalue weighted by Gasteiger charge is -2.08. The highest BCUT2D eigenvalue weighted by Crippen LogP contribution is 2.11. The van der Waals surface area contributed by atoms with E-state index in [0.717, 1.165) is 19.3 Å². The maximum atomic E-state index is 10.2. The molecule has 3 heteroatoms. The number of hydrogen-bond donors (Lipinski definition) is 2. The minimum Gasteiger partial charge on any atom is -0.481 e. The minimum atomic E-state index is -0.822. The van der Waals surface area contributed by atoms with Crippen molar-refractivity contribution in [3.05, 3.63) is 0 Å². The zero-order chi connectivity index (χ0) is 11.5. The molecule has 0 aliphatic heterocycles. The molecular weight excluding hydrogens is 192 g/mol. The van der Waals surface area contributed by atoms with Gasteiger partial charge in [0.15, 0.2) is 0 Å². The zero-order valence-electron chi connectivity index (χ0n) is 9.74. The van der Waals surface area contributed by atoms with Crippen LogP contribution in [0.4, 0.5) is 0 Å². The molecule has 0 rings (SSSR count). The molecule has 2 N–H and O–H groups in total. The lowest BCUT2D eigenvalue weighted by atomic mass is 10.0. The predicted molar refractivity (Wildman–Crippen MR) is 60.9 cm³/mol. The van der Waals surface area contributed by atoms with Crippen LogP contribution in [0.1, 0.15) is 64.7 Å². The van der Waals surface area contributed by atoms with Crippen LogP contribution in [0.25, 0.3) is 0 Å². The summed E-state index contributed by atoms with van der Waals surface area (Å²) >= 11 is 0. The first-order chi connectivity index (χ1) is 7.16. The van der Waals surface area contributed by atoms with E-state index in [1.807, 2.05) is 0 Å². The molecule has 15 heavy (non-hydrogen) atoms. The molecule has 0 aromatic rings. The molecule has 0 aromatic heterocycles. The number of carboxylic acids is 1. The van der Waals surface area contributed by atoms with Crippen LogP contribution in [-0.2, 0) is 4.79 Å². The molecule has 3 nitrogen and oxygen atoms in total. The molecule has 0 unspecified atom stereocenters. The molecule has 0 heterocycles. The van der Waals surface area contributed by atoms with Crippen molar-refractivity contribution in [2.75, 3.05) is 0 Å². The fourth-order valence-electron chi connectivity index (χ4n) is 1.59. The van der Waals surface area contributed by atoms with Crippen molar-refractivity contribution in [3.63, 3.8) is 0 Å². The van der Waals surface area contributed by atoms with E-state index in [1.54, 1.807) is 0 Å². The summed E-state index contributed by atoms with van der Waals surface area (Å²) in [4.78, 5) is 10.2. The van der Waals surface area contributed by atoms with Crippen molar-refractivity contribution in [3.8, 4) is 0 Å². The molecule has 0 spiro atoms. The van der Waals surface area contributed by atoms with Crippen LogP contribution in [0.2, 0.25) is 0 Å². The second-order valence-corrected chi connectivity index (χ2v) is 4.14. The Morgan fingerprint density at radius 3 is 2.27 bits per heavy atom. The quantitative estimate of drug-likeness (QED) is 0.552. The molecule has 0 saturated heterocycles. The van der Waals surface area contributed by atoms with Crippen LogP contribution < -0.4 is 0 Å². The zero-order valence-corrected chi connectivity index (χ0v) is 9.74. The third-order valence-corrected chi connectivity index (χ3v) is 2.58. The summed E-state index contributed by atoms with van der Waals surface area (Å²) in [5.41, 5.74) is 0. The maximum Gasteiger partial charge on any atom is 0.303 e. The monoisotopic (exact) mass is 216 g/mol. The molecule has 0 radical (unpaired) electrons. The molecule has 0 amide bonds. The second kappa shape index (κ2) is 9.97. The van der Waals surface area contributed by atoms with Crippen LogP contribution in [0.15, 0.2) is 0 Å². The molecule has 0 fully saturated rings. The summed E-state index contributed by atoms with van der Waals surface area (Å²) in [6.45, 7) is 2.19. The number of carboxylic acid groups (broad SMARTS) is 1. The summed E-state index contributed by atoms with van der Waals surface area (Å²) in [5.74, 6) is -0.822. The normalized spacial score (nSPS) is 12.7. The first-order valence-corrected chi connectivity index (χ1v) is 6.06. The number of aliphatic carboxylic acids is 1. The summed E-state index contributed by atoms with van der Waals surface area (Å²) in [6, 6.07) is 0. The van der Waals surface area contributed by atoms with Crippen molar-refractivity contribution in [2.45, 2.75) is 70.8 Å². The molecule has 0 aliphatic carbocycles. The first-order valence-electron chi connectivity index (χ1n) is 6.06. The van der Waals surface area contributed by atoms with Gasteiger partial charge in [-0.05, 0) is 12.8 Å². The van der Waals surface area contributed by atoms with Crippen LogP contribution in [-0.4, -0.2) is 22.3 Å². The van der Waals surface area contributed by atoms with E-state index >= 15 is 0 Å². The second-order valence-electron chi connectivity index (χ2n) is 4.14. The van der Waals surface area contributed by atoms with E-state index < -0.39 is 12.1 Å². The number of rotatable bonds is 10. The van der Waals surface area contributed by atoms with Crippen LogP contribution in [0.3, 0.4) is 0 Å². The summed E-state index contributed by atoms with van der Waals surface area (Å²) in [6.07, 6.45) is 8.03. The van der Waals surface area contributed by atoms with E-state index in [9.17, 15) is 9.90 Å². The van der Waals surface area contributed by atoms with Crippen molar-refractivity contribution >= 4 is 5.97 Å². The minimum absolute atomic E-state index is 0.0804. The fourth-order valence-corrected chi connectivity index (χ4v) is 1.59. The van der Waals surface area contributed by atoms with E-state index in [-0.39, 0.29) is 6.42 Å². The summed E-state index contributed by atoms with van der Waals surface area (Å²) in [5, 5.41) is 17.9. The topological polar surface area (TPSA) is 57.5 Å². The third-order valence-electron chi connectivity index (χ3n) is 2.58. The van der Waals surface area contributed by atoms with Crippen molar-refractivity contribution in [2.24, 2.45) is 0 Å². The lowest BCUT2D eigenvalue weighted by Crippen LogP contribution is -2.09. The fraction of sp³-hybridized carbons (Fsp3) is 0.917. The average molecular weight is 216 g/mol. The number of carbonyl (C=O) groups is 1. The van der Waals surface area contributed by atoms with Gasteiger partial charge in [-0.3, -0.25) is 4.79 Å². The number of hydrogen-bond acceptors (Lipinski definition) is 2. The van der Waals surface area contributed by atoms with E-state index in [1.165, 1.54) is 25.7 Å². The summed E-state index contributed by atoms with van der Waals surface area (Å²) in [7, 11) is 0. The van der Waals surface area contributed by atoms with E-state index in [2.05, 4.69) is 6.92 Å². The molecular formula is C12H24O3. The largest absolute Gasteiger partial charge is 0.481 e. The third kappa shape index (κ3) is 11.4. The van der Waals surface area contributed by atoms with Gasteiger partial charge in [0.05, 0.1) is 6.10 Å². The number of aliphatic hydroxyl groups excluding tert-OH is 1. The Balaban J connectivity index is 3.16. The van der Waals surface area contributed by atoms with E-state index in [0.29, 0.717) is 6.42 Å². The lowest BCUT2D eigenvalue weighted by molar-refractivity contribution is -0.137. The SMILES string of the molecule is CCCCCCCC[C@@H](O)CCC(=O)O. The standard InChI is InChI=1S/C12H24O3/c1-2-3-4-5-6-7-8-11(13)9-10-12(14)15/h11,13H,2-10H2,1H3,(H,14,15)/t11-/m1/s1. The molecule has 0 saturated carbocycles. The van der Waals surface area contributed by atoms with Crippen LogP contribution in [0.5, 0.6) is 0 Å². The highest BCUT2D eigenvalue weighted by atomic mass is 16.4. The van der Waals surface area contributed by atoms with Crippen LogP contribution in [0, 0.1) is 0 Å². The van der Waals surface area contributed by atoms with Crippen molar-refractivity contribution in [1.82, 2.24) is 0 Å². The smallest absolute Gasteiger partial charge is 0.303 e. The van der Waals surface area contributed by atoms with Gasteiger partial charge in [-0.25, -0.2) is 0 Å². The highest BCUT2D eigenvalue weighted by molar-refractivity contribution is 5.66. The highest BCUT2D eigenvalue weighted by Gasteiger charge is 2.06. The van der Waals surface area contributed by atoms with Crippen molar-refractivity contribution in [1.29, 1.82) is 0 Å². The number of aliphatic hydroxyl groups is 1. The predicted octanol–water partition coefficient (Wildman–Crippen LogP) is 2.96. The first kappa shape index (κ1) is 14.4. The Kier molecular flexibility index (Phi) is 9.59. The Hall–Kier alpha value is -0.570. The number of unbranched alkanes of at least 4 members (excludes halogenated alkanes) is 5.